The quantitative estimate of drug-likeness (QED) is 0.703. The van der Waals surface area contributed by atoms with Crippen molar-refractivity contribution in [3.63, 3.8) is 0 Å². The third-order valence-corrected chi connectivity index (χ3v) is 5.24. The second kappa shape index (κ2) is 6.49. The molecule has 0 aromatic heterocycles. The van der Waals surface area contributed by atoms with Crippen molar-refractivity contribution in [2.75, 3.05) is 13.7 Å². The van der Waals surface area contributed by atoms with Crippen molar-refractivity contribution >= 4 is 17.7 Å². The molecule has 0 radical (unpaired) electrons. The Labute approximate surface area is 161 Å². The third-order valence-electron chi connectivity index (χ3n) is 5.24. The Morgan fingerprint density at radius 3 is 2.67 bits per heavy atom. The molecule has 140 valence electrons. The molecule has 0 bridgehead atoms. The first-order valence-electron chi connectivity index (χ1n) is 9.48. The number of aryl methyl sites for hydroxylation is 2. The van der Waals surface area contributed by atoms with Gasteiger partial charge < -0.3 is 14.2 Å². The maximum absolute atomic E-state index is 6.21. The van der Waals surface area contributed by atoms with Gasteiger partial charge in [-0.15, -0.1) is 0 Å². The minimum absolute atomic E-state index is 0.359. The predicted octanol–water partition coefficient (Wildman–Crippen LogP) is 5.68. The predicted molar refractivity (Wildman–Crippen MR) is 111 cm³/mol. The molecule has 2 aliphatic heterocycles. The molecule has 0 unspecified atom stereocenters. The van der Waals surface area contributed by atoms with E-state index in [0.29, 0.717) is 6.61 Å². The van der Waals surface area contributed by atoms with Gasteiger partial charge in [0.05, 0.1) is 12.7 Å². The summed E-state index contributed by atoms with van der Waals surface area (Å²) in [5.74, 6) is 2.36. The molecular weight excluding hydrogens is 336 g/mol. The Bertz CT molecular complexity index is 964. The molecule has 0 N–H and O–H groups in total. The van der Waals surface area contributed by atoms with E-state index < -0.39 is 0 Å². The zero-order valence-electron chi connectivity index (χ0n) is 16.7. The molecule has 3 heteroatoms. The van der Waals surface area contributed by atoms with Crippen LogP contribution in [0.15, 0.2) is 30.3 Å². The number of benzene rings is 2. The molecule has 4 rings (SSSR count). The largest absolute Gasteiger partial charge is 0.493 e. The number of methoxy groups -OCH3 is 1. The van der Waals surface area contributed by atoms with Crippen molar-refractivity contribution in [3.8, 4) is 17.2 Å². The van der Waals surface area contributed by atoms with Gasteiger partial charge in [0.15, 0.2) is 11.5 Å². The van der Waals surface area contributed by atoms with Gasteiger partial charge in [-0.3, -0.25) is 0 Å². The standard InChI is InChI=1S/C24H26O3/c1-6-16-7-8-19(15(2)11-16)18-12-17-13-21(25-5)23-20(22(17)26-14-18)9-10-24(3,4)27-23/h7-13H,6,14H2,1-5H3. The molecule has 0 saturated heterocycles. The van der Waals surface area contributed by atoms with E-state index >= 15 is 0 Å². The molecule has 27 heavy (non-hydrogen) atoms. The van der Waals surface area contributed by atoms with Crippen LogP contribution in [-0.2, 0) is 6.42 Å². The van der Waals surface area contributed by atoms with Crippen molar-refractivity contribution < 1.29 is 14.2 Å². The average molecular weight is 362 g/mol. The van der Waals surface area contributed by atoms with Gasteiger partial charge in [-0.05, 0) is 73.7 Å². The average Bonchev–Trinajstić information content (AvgIpc) is 2.65. The van der Waals surface area contributed by atoms with Gasteiger partial charge in [-0.1, -0.05) is 25.1 Å². The van der Waals surface area contributed by atoms with E-state index in [2.05, 4.69) is 50.3 Å². The molecule has 2 aliphatic rings. The Morgan fingerprint density at radius 1 is 1.15 bits per heavy atom. The van der Waals surface area contributed by atoms with Crippen LogP contribution in [0.3, 0.4) is 0 Å². The molecule has 2 heterocycles. The Morgan fingerprint density at radius 2 is 1.96 bits per heavy atom. The van der Waals surface area contributed by atoms with Crippen molar-refractivity contribution in [2.24, 2.45) is 0 Å². The Kier molecular flexibility index (Phi) is 4.26. The zero-order valence-corrected chi connectivity index (χ0v) is 16.7. The van der Waals surface area contributed by atoms with Crippen molar-refractivity contribution in [2.45, 2.75) is 39.7 Å². The molecule has 3 nitrogen and oxygen atoms in total. The lowest BCUT2D eigenvalue weighted by Crippen LogP contribution is -2.28. The van der Waals surface area contributed by atoms with Crippen molar-refractivity contribution in [3.05, 3.63) is 58.2 Å². The van der Waals surface area contributed by atoms with E-state index in [9.17, 15) is 0 Å². The minimum atomic E-state index is -0.359. The number of fused-ring (bicyclic) bond motifs is 3. The molecule has 0 fully saturated rings. The summed E-state index contributed by atoms with van der Waals surface area (Å²) < 4.78 is 18.0. The van der Waals surface area contributed by atoms with Crippen LogP contribution < -0.4 is 14.2 Å². The van der Waals surface area contributed by atoms with Gasteiger partial charge >= 0.3 is 0 Å². The van der Waals surface area contributed by atoms with Gasteiger partial charge in [0.25, 0.3) is 0 Å². The second-order valence-electron chi connectivity index (χ2n) is 7.74. The summed E-state index contributed by atoms with van der Waals surface area (Å²) in [5, 5.41) is 0. The first-order chi connectivity index (χ1) is 12.9. The van der Waals surface area contributed by atoms with Crippen molar-refractivity contribution in [1.29, 1.82) is 0 Å². The summed E-state index contributed by atoms with van der Waals surface area (Å²) in [5.41, 5.74) is 6.68. The highest BCUT2D eigenvalue weighted by Crippen LogP contribution is 2.48. The molecule has 2 aromatic carbocycles. The smallest absolute Gasteiger partial charge is 0.173 e. The first kappa shape index (κ1) is 17.7. The van der Waals surface area contributed by atoms with Gasteiger partial charge in [-0.25, -0.2) is 0 Å². The number of rotatable bonds is 3. The van der Waals surface area contributed by atoms with E-state index in [1.165, 1.54) is 22.3 Å². The molecule has 0 saturated carbocycles. The van der Waals surface area contributed by atoms with Gasteiger partial charge in [0, 0.05) is 5.56 Å². The Balaban J connectivity index is 1.82. The topological polar surface area (TPSA) is 27.7 Å². The van der Waals surface area contributed by atoms with E-state index in [4.69, 9.17) is 14.2 Å². The lowest BCUT2D eigenvalue weighted by Gasteiger charge is -2.31. The maximum Gasteiger partial charge on any atom is 0.173 e. The summed E-state index contributed by atoms with van der Waals surface area (Å²) >= 11 is 0. The van der Waals surface area contributed by atoms with E-state index in [0.717, 1.165) is 34.8 Å². The lowest BCUT2D eigenvalue weighted by atomic mass is 9.93. The fourth-order valence-corrected chi connectivity index (χ4v) is 3.76. The second-order valence-corrected chi connectivity index (χ2v) is 7.74. The first-order valence-corrected chi connectivity index (χ1v) is 9.48. The highest BCUT2D eigenvalue weighted by atomic mass is 16.5. The van der Waals surface area contributed by atoms with Crippen LogP contribution in [0.25, 0.3) is 17.7 Å². The van der Waals surface area contributed by atoms with Crippen LogP contribution >= 0.6 is 0 Å². The van der Waals surface area contributed by atoms with Crippen LogP contribution in [0.2, 0.25) is 0 Å². The van der Waals surface area contributed by atoms with Gasteiger partial charge in [-0.2, -0.15) is 0 Å². The molecule has 0 aliphatic carbocycles. The lowest BCUT2D eigenvalue weighted by molar-refractivity contribution is 0.151. The summed E-state index contributed by atoms with van der Waals surface area (Å²) in [4.78, 5) is 0. The van der Waals surface area contributed by atoms with Crippen LogP contribution in [0.1, 0.15) is 48.6 Å². The molecular formula is C24H26O3. The van der Waals surface area contributed by atoms with E-state index in [-0.39, 0.29) is 5.60 Å². The highest BCUT2D eigenvalue weighted by molar-refractivity contribution is 5.90. The van der Waals surface area contributed by atoms with Crippen molar-refractivity contribution in [1.82, 2.24) is 0 Å². The van der Waals surface area contributed by atoms with Crippen LogP contribution in [0, 0.1) is 6.92 Å². The van der Waals surface area contributed by atoms with Gasteiger partial charge in [0.1, 0.15) is 18.0 Å². The summed E-state index contributed by atoms with van der Waals surface area (Å²) in [7, 11) is 1.68. The fraction of sp³-hybridized carbons (Fsp3) is 0.333. The minimum Gasteiger partial charge on any atom is -0.493 e. The van der Waals surface area contributed by atoms with E-state index in [1.54, 1.807) is 7.11 Å². The highest BCUT2D eigenvalue weighted by Gasteiger charge is 2.30. The monoisotopic (exact) mass is 362 g/mol. The summed E-state index contributed by atoms with van der Waals surface area (Å²) in [6, 6.07) is 8.68. The van der Waals surface area contributed by atoms with Gasteiger partial charge in [0.2, 0.25) is 0 Å². The number of hydrogen-bond donors (Lipinski definition) is 0. The molecule has 0 spiro atoms. The normalized spacial score (nSPS) is 16.6. The van der Waals surface area contributed by atoms with E-state index in [1.807, 2.05) is 19.9 Å². The maximum atomic E-state index is 6.21. The Hall–Kier alpha value is -2.68. The third kappa shape index (κ3) is 3.12. The number of ether oxygens (including phenoxy) is 3. The molecule has 0 atom stereocenters. The number of hydrogen-bond acceptors (Lipinski definition) is 3. The summed E-state index contributed by atoms with van der Waals surface area (Å²) in [6.45, 7) is 8.96. The van der Waals surface area contributed by atoms with Crippen LogP contribution in [-0.4, -0.2) is 19.3 Å². The SMILES string of the molecule is CCc1ccc(C2=Cc3cc(OC)c4c(c3OC2)C=CC(C)(C)O4)c(C)c1. The summed E-state index contributed by atoms with van der Waals surface area (Å²) in [6.07, 6.45) is 7.40. The fourth-order valence-electron chi connectivity index (χ4n) is 3.76. The van der Waals surface area contributed by atoms with Crippen LogP contribution in [0.5, 0.6) is 17.2 Å². The molecule has 2 aromatic rings. The van der Waals surface area contributed by atoms with Crippen LogP contribution in [0.4, 0.5) is 0 Å². The molecule has 0 amide bonds. The zero-order chi connectivity index (χ0) is 19.2.